The molecule has 4 nitrogen and oxygen atoms in total. The van der Waals surface area contributed by atoms with E-state index in [4.69, 9.17) is 14.6 Å². The fourth-order valence-corrected chi connectivity index (χ4v) is 1.39. The highest BCUT2D eigenvalue weighted by molar-refractivity contribution is 5.66. The zero-order valence-corrected chi connectivity index (χ0v) is 10.5. The van der Waals surface area contributed by atoms with E-state index in [9.17, 15) is 4.79 Å². The minimum Gasteiger partial charge on any atom is -0.497 e. The maximum atomic E-state index is 10.4. The molecule has 0 fully saturated rings. The van der Waals surface area contributed by atoms with Crippen LogP contribution in [-0.4, -0.2) is 24.8 Å². The molecule has 1 aromatic rings. The molecule has 0 amide bonds. The number of carboxylic acids is 1. The second kappa shape index (κ2) is 7.37. The Morgan fingerprint density at radius 1 is 1.17 bits per heavy atom. The van der Waals surface area contributed by atoms with Gasteiger partial charge in [0.1, 0.15) is 11.5 Å². The Bertz CT molecular complexity index is 395. The first-order valence-corrected chi connectivity index (χ1v) is 5.77. The fourth-order valence-electron chi connectivity index (χ4n) is 1.39. The summed E-state index contributed by atoms with van der Waals surface area (Å²) in [4.78, 5) is 10.4. The molecule has 1 rings (SSSR count). The van der Waals surface area contributed by atoms with Gasteiger partial charge in [-0.1, -0.05) is 12.2 Å². The van der Waals surface area contributed by atoms with Gasteiger partial charge in [-0.15, -0.1) is 0 Å². The van der Waals surface area contributed by atoms with Crippen molar-refractivity contribution in [2.75, 3.05) is 13.7 Å². The lowest BCUT2D eigenvalue weighted by atomic mass is 10.1. The van der Waals surface area contributed by atoms with Crippen molar-refractivity contribution < 1.29 is 19.4 Å². The molecule has 0 saturated carbocycles. The molecule has 0 aliphatic carbocycles. The standard InChI is InChI=1S/C14H18O4/c1-11(3-8-14(15)16)9-10-18-13-6-4-12(17-2)5-7-13/h4-7H,1,3,8-10H2,2H3,(H,15,16). The smallest absolute Gasteiger partial charge is 0.303 e. The zero-order valence-electron chi connectivity index (χ0n) is 10.5. The first-order valence-electron chi connectivity index (χ1n) is 5.77. The molecular formula is C14H18O4. The molecular weight excluding hydrogens is 232 g/mol. The van der Waals surface area contributed by atoms with Crippen LogP contribution in [0.1, 0.15) is 19.3 Å². The van der Waals surface area contributed by atoms with Crippen LogP contribution >= 0.6 is 0 Å². The molecule has 18 heavy (non-hydrogen) atoms. The van der Waals surface area contributed by atoms with Gasteiger partial charge in [0.2, 0.25) is 0 Å². The van der Waals surface area contributed by atoms with E-state index in [1.165, 1.54) is 0 Å². The first kappa shape index (κ1) is 14.1. The molecule has 0 heterocycles. The molecule has 0 atom stereocenters. The van der Waals surface area contributed by atoms with Gasteiger partial charge in [-0.05, 0) is 30.7 Å². The maximum absolute atomic E-state index is 10.4. The molecule has 0 aromatic heterocycles. The Labute approximate surface area is 107 Å². The van der Waals surface area contributed by atoms with Crippen molar-refractivity contribution in [2.45, 2.75) is 19.3 Å². The van der Waals surface area contributed by atoms with E-state index in [0.29, 0.717) is 19.4 Å². The molecule has 0 radical (unpaired) electrons. The summed E-state index contributed by atoms with van der Waals surface area (Å²) in [5, 5.41) is 8.53. The third-order valence-electron chi connectivity index (χ3n) is 2.48. The van der Waals surface area contributed by atoms with Crippen LogP contribution in [-0.2, 0) is 4.79 Å². The number of ether oxygens (including phenoxy) is 2. The predicted molar refractivity (Wildman–Crippen MR) is 69.1 cm³/mol. The van der Waals surface area contributed by atoms with Crippen LogP contribution in [0, 0.1) is 0 Å². The molecule has 0 unspecified atom stereocenters. The van der Waals surface area contributed by atoms with E-state index < -0.39 is 5.97 Å². The summed E-state index contributed by atoms with van der Waals surface area (Å²) in [6.07, 6.45) is 1.29. The first-order chi connectivity index (χ1) is 8.61. The van der Waals surface area contributed by atoms with E-state index in [1.54, 1.807) is 7.11 Å². The SMILES string of the molecule is C=C(CCOc1ccc(OC)cc1)CCC(=O)O. The highest BCUT2D eigenvalue weighted by Gasteiger charge is 2.01. The monoisotopic (exact) mass is 250 g/mol. The van der Waals surface area contributed by atoms with Crippen molar-refractivity contribution in [1.29, 1.82) is 0 Å². The molecule has 4 heteroatoms. The van der Waals surface area contributed by atoms with Gasteiger partial charge < -0.3 is 14.6 Å². The lowest BCUT2D eigenvalue weighted by Gasteiger charge is -2.08. The second-order valence-electron chi connectivity index (χ2n) is 3.92. The van der Waals surface area contributed by atoms with Gasteiger partial charge in [-0.3, -0.25) is 4.79 Å². The van der Waals surface area contributed by atoms with E-state index in [1.807, 2.05) is 24.3 Å². The van der Waals surface area contributed by atoms with Crippen LogP contribution in [0.4, 0.5) is 0 Å². The van der Waals surface area contributed by atoms with E-state index >= 15 is 0 Å². The lowest BCUT2D eigenvalue weighted by molar-refractivity contribution is -0.136. The predicted octanol–water partition coefficient (Wildman–Crippen LogP) is 2.89. The van der Waals surface area contributed by atoms with E-state index in [-0.39, 0.29) is 6.42 Å². The summed E-state index contributed by atoms with van der Waals surface area (Å²) in [7, 11) is 1.61. The van der Waals surface area contributed by atoms with Crippen molar-refractivity contribution in [2.24, 2.45) is 0 Å². The number of hydrogen-bond donors (Lipinski definition) is 1. The maximum Gasteiger partial charge on any atom is 0.303 e. The van der Waals surface area contributed by atoms with Crippen molar-refractivity contribution in [1.82, 2.24) is 0 Å². The second-order valence-corrected chi connectivity index (χ2v) is 3.92. The van der Waals surface area contributed by atoms with Crippen molar-refractivity contribution in [3.05, 3.63) is 36.4 Å². The summed E-state index contributed by atoms with van der Waals surface area (Å²) in [5.41, 5.74) is 0.894. The molecule has 1 N–H and O–H groups in total. The Balaban J connectivity index is 2.24. The Kier molecular flexibility index (Phi) is 5.77. The van der Waals surface area contributed by atoms with Gasteiger partial charge in [0.25, 0.3) is 0 Å². The Morgan fingerprint density at radius 2 is 1.78 bits per heavy atom. The largest absolute Gasteiger partial charge is 0.497 e. The third-order valence-corrected chi connectivity index (χ3v) is 2.48. The number of benzene rings is 1. The van der Waals surface area contributed by atoms with Crippen LogP contribution in [0.25, 0.3) is 0 Å². The minimum absolute atomic E-state index is 0.126. The summed E-state index contributed by atoms with van der Waals surface area (Å²) >= 11 is 0. The number of methoxy groups -OCH3 is 1. The highest BCUT2D eigenvalue weighted by atomic mass is 16.5. The molecule has 0 saturated heterocycles. The molecule has 0 spiro atoms. The van der Waals surface area contributed by atoms with E-state index in [0.717, 1.165) is 17.1 Å². The number of aliphatic carboxylic acids is 1. The van der Waals surface area contributed by atoms with Crippen molar-refractivity contribution in [3.8, 4) is 11.5 Å². The van der Waals surface area contributed by atoms with Gasteiger partial charge in [0, 0.05) is 12.8 Å². The summed E-state index contributed by atoms with van der Waals surface area (Å²) < 4.78 is 10.6. The van der Waals surface area contributed by atoms with Crippen LogP contribution in [0.2, 0.25) is 0 Å². The Morgan fingerprint density at radius 3 is 2.33 bits per heavy atom. The molecule has 98 valence electrons. The van der Waals surface area contributed by atoms with Gasteiger partial charge in [0.15, 0.2) is 0 Å². The summed E-state index contributed by atoms with van der Waals surface area (Å²) in [5.74, 6) is 0.752. The van der Waals surface area contributed by atoms with E-state index in [2.05, 4.69) is 6.58 Å². The van der Waals surface area contributed by atoms with Gasteiger partial charge >= 0.3 is 5.97 Å². The quantitative estimate of drug-likeness (QED) is 0.721. The highest BCUT2D eigenvalue weighted by Crippen LogP contribution is 2.17. The van der Waals surface area contributed by atoms with Crippen molar-refractivity contribution in [3.63, 3.8) is 0 Å². The average Bonchev–Trinajstić information content (AvgIpc) is 2.37. The normalized spacial score (nSPS) is 9.83. The van der Waals surface area contributed by atoms with Crippen molar-refractivity contribution >= 4 is 5.97 Å². The number of carboxylic acid groups (broad SMARTS) is 1. The lowest BCUT2D eigenvalue weighted by Crippen LogP contribution is -2.01. The number of hydrogen-bond acceptors (Lipinski definition) is 3. The average molecular weight is 250 g/mol. The fraction of sp³-hybridized carbons (Fsp3) is 0.357. The molecule has 0 aliphatic heterocycles. The minimum atomic E-state index is -0.799. The van der Waals surface area contributed by atoms with Gasteiger partial charge in [0.05, 0.1) is 13.7 Å². The Hall–Kier alpha value is -1.97. The topological polar surface area (TPSA) is 55.8 Å². The van der Waals surface area contributed by atoms with Crippen LogP contribution in [0.15, 0.2) is 36.4 Å². The van der Waals surface area contributed by atoms with Crippen LogP contribution < -0.4 is 9.47 Å². The number of rotatable bonds is 8. The third kappa shape index (κ3) is 5.39. The summed E-state index contributed by atoms with van der Waals surface area (Å²) in [6.45, 7) is 4.33. The summed E-state index contributed by atoms with van der Waals surface area (Å²) in [6, 6.07) is 7.32. The van der Waals surface area contributed by atoms with Crippen LogP contribution in [0.3, 0.4) is 0 Å². The zero-order chi connectivity index (χ0) is 13.4. The molecule has 1 aromatic carbocycles. The van der Waals surface area contributed by atoms with Gasteiger partial charge in [-0.25, -0.2) is 0 Å². The molecule has 0 bridgehead atoms. The van der Waals surface area contributed by atoms with Gasteiger partial charge in [-0.2, -0.15) is 0 Å². The van der Waals surface area contributed by atoms with Crippen LogP contribution in [0.5, 0.6) is 11.5 Å². The number of carbonyl (C=O) groups is 1. The molecule has 0 aliphatic rings.